The highest BCUT2D eigenvalue weighted by atomic mass is 14.9. The molecule has 0 aliphatic rings. The van der Waals surface area contributed by atoms with Gasteiger partial charge in [-0.1, -0.05) is 13.8 Å². The Balaban J connectivity index is 2.52. The van der Waals surface area contributed by atoms with Crippen molar-refractivity contribution in [3.8, 4) is 0 Å². The van der Waals surface area contributed by atoms with E-state index in [1.807, 2.05) is 12.4 Å². The van der Waals surface area contributed by atoms with Gasteiger partial charge in [0.15, 0.2) is 0 Å². The lowest BCUT2D eigenvalue weighted by Crippen LogP contribution is -2.15. The second kappa shape index (κ2) is 7.23. The van der Waals surface area contributed by atoms with Crippen LogP contribution >= 0.6 is 0 Å². The average molecular weight is 207 g/mol. The molecule has 0 aliphatic carbocycles. The Morgan fingerprint density at radius 2 is 2.00 bits per heavy atom. The van der Waals surface area contributed by atoms with Crippen molar-refractivity contribution in [3.63, 3.8) is 0 Å². The molecule has 0 bridgehead atoms. The first-order valence-electron chi connectivity index (χ1n) is 5.76. The monoisotopic (exact) mass is 207 g/mol. The third-order valence-corrected chi connectivity index (χ3v) is 2.22. The summed E-state index contributed by atoms with van der Waals surface area (Å²) in [5.74, 6) is 0. The van der Waals surface area contributed by atoms with E-state index in [-0.39, 0.29) is 0 Å². The number of aromatic nitrogens is 1. The summed E-state index contributed by atoms with van der Waals surface area (Å²) in [5, 5.41) is 6.79. The summed E-state index contributed by atoms with van der Waals surface area (Å²) < 4.78 is 0. The van der Waals surface area contributed by atoms with Gasteiger partial charge < -0.3 is 10.6 Å². The summed E-state index contributed by atoms with van der Waals surface area (Å²) in [6, 6.07) is 2.07. The van der Waals surface area contributed by atoms with Gasteiger partial charge in [-0.05, 0) is 31.0 Å². The molecule has 0 aromatic carbocycles. The smallest absolute Gasteiger partial charge is 0.0572 e. The predicted molar refractivity (Wildman–Crippen MR) is 65.0 cm³/mol. The lowest BCUT2D eigenvalue weighted by Gasteiger charge is -2.11. The summed E-state index contributed by atoms with van der Waals surface area (Å²) in [6.45, 7) is 7.33. The van der Waals surface area contributed by atoms with Crippen molar-refractivity contribution in [2.24, 2.45) is 0 Å². The second-order valence-electron chi connectivity index (χ2n) is 3.64. The average Bonchev–Trinajstić information content (AvgIpc) is 2.28. The fraction of sp³-hybridized carbons (Fsp3) is 0.583. The summed E-state index contributed by atoms with van der Waals surface area (Å²) in [5.41, 5.74) is 2.45. The molecule has 0 unspecified atom stereocenters. The first-order valence-corrected chi connectivity index (χ1v) is 5.76. The van der Waals surface area contributed by atoms with Gasteiger partial charge in [-0.25, -0.2) is 0 Å². The Kier molecular flexibility index (Phi) is 5.78. The largest absolute Gasteiger partial charge is 0.384 e. The van der Waals surface area contributed by atoms with Crippen molar-refractivity contribution in [1.82, 2.24) is 10.3 Å². The maximum atomic E-state index is 4.14. The lowest BCUT2D eigenvalue weighted by atomic mass is 10.2. The number of pyridine rings is 1. The van der Waals surface area contributed by atoms with Crippen molar-refractivity contribution >= 4 is 5.69 Å². The molecular formula is C12H21N3. The van der Waals surface area contributed by atoms with Crippen molar-refractivity contribution in [3.05, 3.63) is 24.0 Å². The molecule has 0 saturated carbocycles. The van der Waals surface area contributed by atoms with Gasteiger partial charge in [0.1, 0.15) is 0 Å². The zero-order chi connectivity index (χ0) is 10.9. The number of anilines is 1. The first-order chi connectivity index (χ1) is 7.38. The molecule has 15 heavy (non-hydrogen) atoms. The highest BCUT2D eigenvalue weighted by Crippen LogP contribution is 2.12. The van der Waals surface area contributed by atoms with Crippen LogP contribution in [0.25, 0.3) is 0 Å². The summed E-state index contributed by atoms with van der Waals surface area (Å²) in [6.07, 6.45) is 6.05. The number of hydrogen-bond donors (Lipinski definition) is 2. The van der Waals surface area contributed by atoms with E-state index in [2.05, 4.69) is 35.5 Å². The van der Waals surface area contributed by atoms with Gasteiger partial charge in [-0.2, -0.15) is 0 Å². The summed E-state index contributed by atoms with van der Waals surface area (Å²) in [7, 11) is 0. The van der Waals surface area contributed by atoms with Gasteiger partial charge in [0.25, 0.3) is 0 Å². The molecule has 84 valence electrons. The number of hydrogen-bond acceptors (Lipinski definition) is 3. The minimum Gasteiger partial charge on any atom is -0.384 e. The van der Waals surface area contributed by atoms with Gasteiger partial charge in [-0.3, -0.25) is 4.98 Å². The normalized spacial score (nSPS) is 10.3. The van der Waals surface area contributed by atoms with E-state index in [0.29, 0.717) is 0 Å². The molecule has 0 amide bonds. The van der Waals surface area contributed by atoms with Crippen LogP contribution in [-0.2, 0) is 6.54 Å². The topological polar surface area (TPSA) is 37.0 Å². The molecular weight excluding hydrogens is 186 g/mol. The molecule has 3 nitrogen and oxygen atoms in total. The van der Waals surface area contributed by atoms with Gasteiger partial charge in [0, 0.05) is 19.3 Å². The van der Waals surface area contributed by atoms with Crippen LogP contribution in [0.2, 0.25) is 0 Å². The Hall–Kier alpha value is -1.09. The second-order valence-corrected chi connectivity index (χ2v) is 3.64. The minimum atomic E-state index is 0.919. The molecule has 1 aromatic rings. The first kappa shape index (κ1) is 12.0. The summed E-state index contributed by atoms with van der Waals surface area (Å²) in [4.78, 5) is 4.14. The van der Waals surface area contributed by atoms with E-state index in [0.717, 1.165) is 31.7 Å². The molecule has 1 rings (SSSR count). The fourth-order valence-electron chi connectivity index (χ4n) is 1.40. The minimum absolute atomic E-state index is 0.919. The van der Waals surface area contributed by atoms with Crippen molar-refractivity contribution in [2.45, 2.75) is 33.2 Å². The van der Waals surface area contributed by atoms with E-state index in [4.69, 9.17) is 0 Å². The zero-order valence-electron chi connectivity index (χ0n) is 9.71. The molecule has 1 aromatic heterocycles. The predicted octanol–water partition coefficient (Wildman–Crippen LogP) is 2.40. The van der Waals surface area contributed by atoms with Crippen molar-refractivity contribution in [2.75, 3.05) is 18.4 Å². The third kappa shape index (κ3) is 4.30. The molecule has 2 N–H and O–H groups in total. The number of rotatable bonds is 7. The lowest BCUT2D eigenvalue weighted by molar-refractivity contribution is 0.675. The van der Waals surface area contributed by atoms with Crippen LogP contribution in [0.1, 0.15) is 32.3 Å². The van der Waals surface area contributed by atoms with Crippen LogP contribution in [-0.4, -0.2) is 18.1 Å². The molecule has 3 heteroatoms. The zero-order valence-corrected chi connectivity index (χ0v) is 9.71. The van der Waals surface area contributed by atoms with Crippen LogP contribution in [0.3, 0.4) is 0 Å². The Morgan fingerprint density at radius 1 is 1.20 bits per heavy atom. The molecule has 0 fully saturated rings. The highest BCUT2D eigenvalue weighted by molar-refractivity contribution is 5.48. The maximum Gasteiger partial charge on any atom is 0.0572 e. The van der Waals surface area contributed by atoms with Crippen LogP contribution in [0, 0.1) is 0 Å². The van der Waals surface area contributed by atoms with Gasteiger partial charge in [0.2, 0.25) is 0 Å². The molecule has 0 radical (unpaired) electrons. The van der Waals surface area contributed by atoms with E-state index < -0.39 is 0 Å². The number of nitrogens with zero attached hydrogens (tertiary/aromatic N) is 1. The van der Waals surface area contributed by atoms with Crippen LogP contribution in [0.5, 0.6) is 0 Å². The maximum absolute atomic E-state index is 4.14. The van der Waals surface area contributed by atoms with Crippen molar-refractivity contribution < 1.29 is 0 Å². The van der Waals surface area contributed by atoms with E-state index in [1.165, 1.54) is 12.0 Å². The van der Waals surface area contributed by atoms with E-state index in [1.54, 1.807) is 0 Å². The van der Waals surface area contributed by atoms with Crippen LogP contribution in [0.15, 0.2) is 18.5 Å². The van der Waals surface area contributed by atoms with Crippen LogP contribution < -0.4 is 10.6 Å². The molecule has 0 spiro atoms. The SMILES string of the molecule is CCCNCc1ccncc1NCCC. The molecule has 1 heterocycles. The van der Waals surface area contributed by atoms with Crippen molar-refractivity contribution in [1.29, 1.82) is 0 Å². The Labute approximate surface area is 92.3 Å². The fourth-order valence-corrected chi connectivity index (χ4v) is 1.40. The standard InChI is InChI=1S/C12H21N3/c1-3-6-13-9-11-5-8-14-10-12(11)15-7-4-2/h5,8,10,13,15H,3-4,6-7,9H2,1-2H3. The van der Waals surface area contributed by atoms with Gasteiger partial charge in [0.05, 0.1) is 11.9 Å². The highest BCUT2D eigenvalue weighted by Gasteiger charge is 2.00. The molecule has 0 saturated heterocycles. The van der Waals surface area contributed by atoms with E-state index in [9.17, 15) is 0 Å². The Bertz CT molecular complexity index is 273. The van der Waals surface area contributed by atoms with Crippen LogP contribution in [0.4, 0.5) is 5.69 Å². The summed E-state index contributed by atoms with van der Waals surface area (Å²) >= 11 is 0. The van der Waals surface area contributed by atoms with Gasteiger partial charge >= 0.3 is 0 Å². The van der Waals surface area contributed by atoms with E-state index >= 15 is 0 Å². The third-order valence-electron chi connectivity index (χ3n) is 2.22. The van der Waals surface area contributed by atoms with Gasteiger partial charge in [-0.15, -0.1) is 0 Å². The Morgan fingerprint density at radius 3 is 2.73 bits per heavy atom. The molecule has 0 atom stereocenters. The number of nitrogens with one attached hydrogen (secondary N) is 2. The quantitative estimate of drug-likeness (QED) is 0.674. The molecule has 0 aliphatic heterocycles.